The highest BCUT2D eigenvalue weighted by molar-refractivity contribution is 14.1. The highest BCUT2D eigenvalue weighted by Gasteiger charge is 2.09. The fourth-order valence-electron chi connectivity index (χ4n) is 2.19. The Labute approximate surface area is 166 Å². The number of halogens is 1. The van der Waals surface area contributed by atoms with Crippen LogP contribution in [0, 0.1) is 17.4 Å². The van der Waals surface area contributed by atoms with Crippen molar-refractivity contribution in [1.82, 2.24) is 5.43 Å². The molecule has 26 heavy (non-hydrogen) atoms. The number of hydrogen-bond donors (Lipinski definition) is 2. The number of rotatable bonds is 7. The molecule has 0 saturated carbocycles. The quantitative estimate of drug-likeness (QED) is 0.370. The molecule has 2 aromatic rings. The van der Waals surface area contributed by atoms with Crippen LogP contribution < -0.4 is 14.9 Å². The van der Waals surface area contributed by atoms with Crippen LogP contribution in [-0.2, 0) is 4.79 Å². The summed E-state index contributed by atoms with van der Waals surface area (Å²) in [5.74, 6) is 0.639. The van der Waals surface area contributed by atoms with Crippen molar-refractivity contribution >= 4 is 34.7 Å². The molecule has 0 bridgehead atoms. The van der Waals surface area contributed by atoms with Crippen molar-refractivity contribution in [2.24, 2.45) is 5.10 Å². The minimum absolute atomic E-state index is 0.0168. The third kappa shape index (κ3) is 5.35. The first-order valence-corrected chi connectivity index (χ1v) is 9.16. The Morgan fingerprint density at radius 3 is 2.77 bits per heavy atom. The van der Waals surface area contributed by atoms with E-state index in [2.05, 4.69) is 33.1 Å². The van der Waals surface area contributed by atoms with Gasteiger partial charge in [0.2, 0.25) is 0 Å². The average Bonchev–Trinajstić information content (AvgIpc) is 2.60. The molecule has 0 spiro atoms. The number of nitrogens with zero attached hydrogens (tertiary/aromatic N) is 1. The molecule has 0 radical (unpaired) electrons. The van der Waals surface area contributed by atoms with Gasteiger partial charge in [0.1, 0.15) is 5.75 Å². The summed E-state index contributed by atoms with van der Waals surface area (Å²) in [5.41, 5.74) is 4.93. The minimum atomic E-state index is -0.391. The van der Waals surface area contributed by atoms with Gasteiger partial charge in [-0.25, -0.2) is 5.43 Å². The highest BCUT2D eigenvalue weighted by atomic mass is 127. The number of phenolic OH excluding ortho intramolecular Hbond substituents is 1. The molecule has 7 heteroatoms. The Bertz CT molecular complexity index is 821. The van der Waals surface area contributed by atoms with Crippen molar-refractivity contribution < 1.29 is 19.4 Å². The molecular formula is C19H21IN2O4. The molecule has 2 N–H and O–H groups in total. The van der Waals surface area contributed by atoms with Crippen LogP contribution in [0.5, 0.6) is 17.2 Å². The number of hydrazone groups is 1. The van der Waals surface area contributed by atoms with Crippen molar-refractivity contribution in [2.45, 2.75) is 20.8 Å². The summed E-state index contributed by atoms with van der Waals surface area (Å²) < 4.78 is 11.8. The molecule has 0 aliphatic rings. The maximum Gasteiger partial charge on any atom is 0.277 e. The van der Waals surface area contributed by atoms with E-state index in [1.165, 1.54) is 6.21 Å². The van der Waals surface area contributed by atoms with Gasteiger partial charge in [0.25, 0.3) is 5.91 Å². The summed E-state index contributed by atoms with van der Waals surface area (Å²) in [6.07, 6.45) is 1.37. The first kappa shape index (κ1) is 20.0. The molecule has 0 heterocycles. The molecule has 0 unspecified atom stereocenters. The van der Waals surface area contributed by atoms with Crippen LogP contribution in [-0.4, -0.2) is 30.4 Å². The molecule has 0 fully saturated rings. The van der Waals surface area contributed by atoms with Crippen molar-refractivity contribution in [2.75, 3.05) is 13.2 Å². The van der Waals surface area contributed by atoms with Gasteiger partial charge in [0.05, 0.1) is 12.8 Å². The van der Waals surface area contributed by atoms with Gasteiger partial charge in [-0.15, -0.1) is 0 Å². The van der Waals surface area contributed by atoms with Crippen LogP contribution in [0.3, 0.4) is 0 Å². The van der Waals surface area contributed by atoms with Gasteiger partial charge in [-0.2, -0.15) is 5.10 Å². The topological polar surface area (TPSA) is 80.2 Å². The van der Waals surface area contributed by atoms with E-state index in [1.54, 1.807) is 12.1 Å². The van der Waals surface area contributed by atoms with Crippen LogP contribution in [0.4, 0.5) is 0 Å². The Morgan fingerprint density at radius 1 is 1.27 bits per heavy atom. The minimum Gasteiger partial charge on any atom is -0.504 e. The lowest BCUT2D eigenvalue weighted by molar-refractivity contribution is -0.123. The SMILES string of the molecule is CCOc1cc(I)cc(/C=N/NC(=O)COc2cccc(C)c2C)c1O. The molecule has 2 aromatic carbocycles. The van der Waals surface area contributed by atoms with Crippen molar-refractivity contribution in [1.29, 1.82) is 0 Å². The summed E-state index contributed by atoms with van der Waals surface area (Å²) in [6.45, 7) is 6.05. The van der Waals surface area contributed by atoms with E-state index in [0.29, 0.717) is 23.7 Å². The van der Waals surface area contributed by atoms with E-state index in [-0.39, 0.29) is 12.4 Å². The normalized spacial score (nSPS) is 10.8. The summed E-state index contributed by atoms with van der Waals surface area (Å²) in [5, 5.41) is 14.0. The van der Waals surface area contributed by atoms with Crippen LogP contribution in [0.25, 0.3) is 0 Å². The standard InChI is InChI=1S/C19H21IN2O4/c1-4-25-17-9-15(20)8-14(19(17)24)10-21-22-18(23)11-26-16-7-5-6-12(2)13(16)3/h5-10,24H,4,11H2,1-3H3,(H,22,23)/b21-10+. The monoisotopic (exact) mass is 468 g/mol. The summed E-state index contributed by atoms with van der Waals surface area (Å²) in [6, 6.07) is 9.15. The molecule has 6 nitrogen and oxygen atoms in total. The number of carbonyl (C=O) groups excluding carboxylic acids is 1. The molecule has 0 aliphatic heterocycles. The Morgan fingerprint density at radius 2 is 2.04 bits per heavy atom. The van der Waals surface area contributed by atoms with Crippen molar-refractivity contribution in [3.63, 3.8) is 0 Å². The second-order valence-electron chi connectivity index (χ2n) is 5.55. The number of aromatic hydroxyl groups is 1. The largest absolute Gasteiger partial charge is 0.504 e. The van der Waals surface area contributed by atoms with E-state index in [1.807, 2.05) is 39.0 Å². The summed E-state index contributed by atoms with van der Waals surface area (Å²) >= 11 is 2.12. The molecule has 138 valence electrons. The fourth-order valence-corrected chi connectivity index (χ4v) is 2.81. The Kier molecular flexibility index (Phi) is 7.26. The van der Waals surface area contributed by atoms with Gasteiger partial charge < -0.3 is 14.6 Å². The van der Waals surface area contributed by atoms with Gasteiger partial charge in [-0.3, -0.25) is 4.79 Å². The van der Waals surface area contributed by atoms with E-state index in [0.717, 1.165) is 14.7 Å². The predicted molar refractivity (Wildman–Crippen MR) is 109 cm³/mol. The molecular weight excluding hydrogens is 447 g/mol. The zero-order valence-corrected chi connectivity index (χ0v) is 17.0. The van der Waals surface area contributed by atoms with Crippen molar-refractivity contribution in [3.8, 4) is 17.2 Å². The molecule has 2 rings (SSSR count). The number of amides is 1. The number of ether oxygens (including phenoxy) is 2. The van der Waals surface area contributed by atoms with Gasteiger partial charge in [-0.05, 0) is 72.7 Å². The lowest BCUT2D eigenvalue weighted by Gasteiger charge is -2.10. The molecule has 0 saturated heterocycles. The zero-order valence-electron chi connectivity index (χ0n) is 14.9. The summed E-state index contributed by atoms with van der Waals surface area (Å²) in [7, 11) is 0. The van der Waals surface area contributed by atoms with E-state index < -0.39 is 5.91 Å². The van der Waals surface area contributed by atoms with Crippen LogP contribution in [0.15, 0.2) is 35.4 Å². The number of benzene rings is 2. The maximum atomic E-state index is 11.9. The number of hydrogen-bond acceptors (Lipinski definition) is 5. The lowest BCUT2D eigenvalue weighted by Crippen LogP contribution is -2.24. The third-order valence-electron chi connectivity index (χ3n) is 3.68. The third-order valence-corrected chi connectivity index (χ3v) is 4.30. The molecule has 0 atom stereocenters. The number of phenols is 1. The molecule has 0 aliphatic carbocycles. The van der Waals surface area contributed by atoms with Crippen LogP contribution in [0.1, 0.15) is 23.6 Å². The Balaban J connectivity index is 1.96. The predicted octanol–water partition coefficient (Wildman–Crippen LogP) is 3.54. The van der Waals surface area contributed by atoms with E-state index >= 15 is 0 Å². The van der Waals surface area contributed by atoms with Gasteiger partial charge in [-0.1, -0.05) is 12.1 Å². The maximum absolute atomic E-state index is 11.9. The highest BCUT2D eigenvalue weighted by Crippen LogP contribution is 2.31. The van der Waals surface area contributed by atoms with Gasteiger partial charge >= 0.3 is 0 Å². The fraction of sp³-hybridized carbons (Fsp3) is 0.263. The zero-order chi connectivity index (χ0) is 19.1. The second-order valence-corrected chi connectivity index (χ2v) is 6.80. The first-order chi connectivity index (χ1) is 12.4. The first-order valence-electron chi connectivity index (χ1n) is 8.08. The Hall–Kier alpha value is -2.29. The van der Waals surface area contributed by atoms with Crippen LogP contribution in [0.2, 0.25) is 0 Å². The van der Waals surface area contributed by atoms with E-state index in [9.17, 15) is 9.90 Å². The average molecular weight is 468 g/mol. The molecule has 0 aromatic heterocycles. The molecule has 1 amide bonds. The van der Waals surface area contributed by atoms with Gasteiger partial charge in [0, 0.05) is 9.13 Å². The summed E-state index contributed by atoms with van der Waals surface area (Å²) in [4.78, 5) is 11.9. The smallest absolute Gasteiger partial charge is 0.277 e. The lowest BCUT2D eigenvalue weighted by atomic mass is 10.1. The van der Waals surface area contributed by atoms with Gasteiger partial charge in [0.15, 0.2) is 18.1 Å². The van der Waals surface area contributed by atoms with Crippen LogP contribution >= 0.6 is 22.6 Å². The number of nitrogens with one attached hydrogen (secondary N) is 1. The second kappa shape index (κ2) is 9.42. The number of carbonyl (C=O) groups is 1. The van der Waals surface area contributed by atoms with E-state index in [4.69, 9.17) is 9.47 Å². The van der Waals surface area contributed by atoms with Crippen molar-refractivity contribution in [3.05, 3.63) is 50.6 Å². The number of aryl methyl sites for hydroxylation is 1.